The molecule has 1 nitrogen and oxygen atoms in total. The normalized spacial score (nSPS) is 10.0. The van der Waals surface area contributed by atoms with Crippen molar-refractivity contribution in [3.8, 4) is 12.3 Å². The zero-order valence-electron chi connectivity index (χ0n) is 5.91. The Kier molecular flexibility index (Phi) is 1.96. The van der Waals surface area contributed by atoms with Gasteiger partial charge in [0.15, 0.2) is 0 Å². The SMILES string of the molecule is C#C/C=C\c1cccn1C. The molecule has 0 radical (unpaired) electrons. The molecule has 0 aliphatic rings. The van der Waals surface area contributed by atoms with Crippen LogP contribution in [0.25, 0.3) is 6.08 Å². The van der Waals surface area contributed by atoms with Crippen molar-refractivity contribution in [2.45, 2.75) is 0 Å². The molecule has 0 fully saturated rings. The summed E-state index contributed by atoms with van der Waals surface area (Å²) >= 11 is 0. The lowest BCUT2D eigenvalue weighted by atomic mass is 10.4. The molecule has 50 valence electrons. The molecule has 0 aliphatic carbocycles. The van der Waals surface area contributed by atoms with Gasteiger partial charge < -0.3 is 4.57 Å². The van der Waals surface area contributed by atoms with Gasteiger partial charge in [0, 0.05) is 18.9 Å². The monoisotopic (exact) mass is 131 g/mol. The predicted molar refractivity (Wildman–Crippen MR) is 43.3 cm³/mol. The highest BCUT2D eigenvalue weighted by Crippen LogP contribution is 2.00. The van der Waals surface area contributed by atoms with Gasteiger partial charge in [-0.1, -0.05) is 5.92 Å². The molecule has 0 aliphatic heterocycles. The molecule has 1 heterocycles. The summed E-state index contributed by atoms with van der Waals surface area (Å²) in [5.41, 5.74) is 1.12. The standard InChI is InChI=1S/C9H9N/c1-3-4-6-9-7-5-8-10(9)2/h1,4-8H,2H3/b6-4-. The Morgan fingerprint density at radius 3 is 3.00 bits per heavy atom. The van der Waals surface area contributed by atoms with Gasteiger partial charge in [-0.15, -0.1) is 6.42 Å². The predicted octanol–water partition coefficient (Wildman–Crippen LogP) is 1.67. The van der Waals surface area contributed by atoms with Crippen LogP contribution in [-0.4, -0.2) is 4.57 Å². The first-order valence-corrected chi connectivity index (χ1v) is 3.08. The molecule has 1 rings (SSSR count). The van der Waals surface area contributed by atoms with E-state index in [1.165, 1.54) is 0 Å². The van der Waals surface area contributed by atoms with E-state index in [1.807, 2.05) is 36.0 Å². The van der Waals surface area contributed by atoms with E-state index in [0.717, 1.165) is 5.69 Å². The maximum Gasteiger partial charge on any atom is 0.0410 e. The third-order valence-electron chi connectivity index (χ3n) is 1.33. The lowest BCUT2D eigenvalue weighted by Gasteiger charge is -1.92. The van der Waals surface area contributed by atoms with E-state index in [0.29, 0.717) is 0 Å². The Hall–Kier alpha value is -1.42. The van der Waals surface area contributed by atoms with Crippen LogP contribution in [-0.2, 0) is 7.05 Å². The number of aromatic nitrogens is 1. The fourth-order valence-electron chi connectivity index (χ4n) is 0.781. The molecule has 0 saturated carbocycles. The first-order valence-electron chi connectivity index (χ1n) is 3.08. The zero-order chi connectivity index (χ0) is 7.40. The maximum atomic E-state index is 5.05. The molecule has 0 aromatic carbocycles. The molecular formula is C9H9N. The molecule has 0 amide bonds. The number of hydrogen-bond donors (Lipinski definition) is 0. The van der Waals surface area contributed by atoms with Gasteiger partial charge in [-0.3, -0.25) is 0 Å². The van der Waals surface area contributed by atoms with Crippen molar-refractivity contribution in [1.82, 2.24) is 4.57 Å². The Morgan fingerprint density at radius 1 is 1.70 bits per heavy atom. The molecule has 1 heteroatoms. The number of nitrogens with zero attached hydrogens (tertiary/aromatic N) is 1. The third-order valence-corrected chi connectivity index (χ3v) is 1.33. The molecule has 10 heavy (non-hydrogen) atoms. The van der Waals surface area contributed by atoms with E-state index < -0.39 is 0 Å². The molecular weight excluding hydrogens is 122 g/mol. The minimum absolute atomic E-state index is 1.12. The highest BCUT2D eigenvalue weighted by Gasteiger charge is 1.87. The van der Waals surface area contributed by atoms with Crippen LogP contribution in [0.1, 0.15) is 5.69 Å². The van der Waals surface area contributed by atoms with Gasteiger partial charge in [0.1, 0.15) is 0 Å². The lowest BCUT2D eigenvalue weighted by molar-refractivity contribution is 0.915. The Labute approximate surface area is 61.0 Å². The highest BCUT2D eigenvalue weighted by atomic mass is 14.9. The first-order chi connectivity index (χ1) is 4.84. The molecule has 0 saturated heterocycles. The fourth-order valence-corrected chi connectivity index (χ4v) is 0.781. The summed E-state index contributed by atoms with van der Waals surface area (Å²) < 4.78 is 2.01. The second-order valence-electron chi connectivity index (χ2n) is 2.04. The van der Waals surface area contributed by atoms with Crippen molar-refractivity contribution >= 4 is 6.08 Å². The number of rotatable bonds is 1. The summed E-state index contributed by atoms with van der Waals surface area (Å²) in [6.45, 7) is 0. The van der Waals surface area contributed by atoms with E-state index in [9.17, 15) is 0 Å². The molecule has 0 N–H and O–H groups in total. The van der Waals surface area contributed by atoms with Crippen LogP contribution in [0.15, 0.2) is 24.4 Å². The lowest BCUT2D eigenvalue weighted by Crippen LogP contribution is -1.85. The fraction of sp³-hybridized carbons (Fsp3) is 0.111. The Balaban J connectivity index is 2.87. The molecule has 0 unspecified atom stereocenters. The van der Waals surface area contributed by atoms with E-state index in [1.54, 1.807) is 6.08 Å². The van der Waals surface area contributed by atoms with Crippen molar-refractivity contribution in [2.75, 3.05) is 0 Å². The zero-order valence-corrected chi connectivity index (χ0v) is 5.91. The number of aryl methyl sites for hydroxylation is 1. The van der Waals surface area contributed by atoms with Crippen molar-refractivity contribution in [1.29, 1.82) is 0 Å². The average Bonchev–Trinajstić information content (AvgIpc) is 2.31. The topological polar surface area (TPSA) is 4.93 Å². The minimum Gasteiger partial charge on any atom is -0.351 e. The van der Waals surface area contributed by atoms with Crippen LogP contribution in [0.2, 0.25) is 0 Å². The summed E-state index contributed by atoms with van der Waals surface area (Å²) in [6, 6.07) is 3.99. The second kappa shape index (κ2) is 2.93. The van der Waals surface area contributed by atoms with Crippen molar-refractivity contribution in [3.05, 3.63) is 30.1 Å². The second-order valence-corrected chi connectivity index (χ2v) is 2.04. The summed E-state index contributed by atoms with van der Waals surface area (Å²) in [6.07, 6.45) is 10.6. The van der Waals surface area contributed by atoms with Crippen LogP contribution in [0, 0.1) is 12.3 Å². The highest BCUT2D eigenvalue weighted by molar-refractivity contribution is 5.48. The average molecular weight is 131 g/mol. The van der Waals surface area contributed by atoms with Gasteiger partial charge in [0.2, 0.25) is 0 Å². The minimum atomic E-state index is 1.12. The van der Waals surface area contributed by atoms with Crippen molar-refractivity contribution < 1.29 is 0 Å². The van der Waals surface area contributed by atoms with E-state index in [-0.39, 0.29) is 0 Å². The largest absolute Gasteiger partial charge is 0.351 e. The first kappa shape index (κ1) is 6.70. The maximum absolute atomic E-state index is 5.05. The van der Waals surface area contributed by atoms with Crippen LogP contribution < -0.4 is 0 Å². The molecule has 1 aromatic heterocycles. The number of allylic oxidation sites excluding steroid dienone is 1. The van der Waals surface area contributed by atoms with Crippen LogP contribution in [0.5, 0.6) is 0 Å². The van der Waals surface area contributed by atoms with E-state index in [2.05, 4.69) is 5.92 Å². The van der Waals surface area contributed by atoms with Gasteiger partial charge in [0.05, 0.1) is 0 Å². The van der Waals surface area contributed by atoms with E-state index in [4.69, 9.17) is 6.42 Å². The van der Waals surface area contributed by atoms with Crippen molar-refractivity contribution in [3.63, 3.8) is 0 Å². The van der Waals surface area contributed by atoms with Crippen LogP contribution in [0.3, 0.4) is 0 Å². The smallest absolute Gasteiger partial charge is 0.0410 e. The summed E-state index contributed by atoms with van der Waals surface area (Å²) in [7, 11) is 1.98. The van der Waals surface area contributed by atoms with Crippen LogP contribution >= 0.6 is 0 Å². The summed E-state index contributed by atoms with van der Waals surface area (Å²) in [5.74, 6) is 2.44. The molecule has 0 spiro atoms. The third kappa shape index (κ3) is 1.29. The molecule has 1 aromatic rings. The Bertz CT molecular complexity index is 273. The van der Waals surface area contributed by atoms with Crippen molar-refractivity contribution in [2.24, 2.45) is 7.05 Å². The van der Waals surface area contributed by atoms with E-state index >= 15 is 0 Å². The van der Waals surface area contributed by atoms with Gasteiger partial charge in [0.25, 0.3) is 0 Å². The molecule has 0 atom stereocenters. The van der Waals surface area contributed by atoms with Gasteiger partial charge in [-0.25, -0.2) is 0 Å². The summed E-state index contributed by atoms with van der Waals surface area (Å²) in [4.78, 5) is 0. The number of hydrogen-bond acceptors (Lipinski definition) is 0. The quantitative estimate of drug-likeness (QED) is 0.511. The molecule has 0 bridgehead atoms. The Morgan fingerprint density at radius 2 is 2.50 bits per heavy atom. The van der Waals surface area contributed by atoms with Gasteiger partial charge >= 0.3 is 0 Å². The number of terminal acetylenes is 1. The summed E-state index contributed by atoms with van der Waals surface area (Å²) in [5, 5.41) is 0. The van der Waals surface area contributed by atoms with Gasteiger partial charge in [-0.2, -0.15) is 0 Å². The van der Waals surface area contributed by atoms with Gasteiger partial charge in [-0.05, 0) is 24.3 Å². The van der Waals surface area contributed by atoms with Crippen LogP contribution in [0.4, 0.5) is 0 Å².